The molecule has 3 saturated heterocycles. The number of imide groups is 2. The van der Waals surface area contributed by atoms with Crippen LogP contribution in [0.2, 0.25) is 25.7 Å². The fraction of sp³-hybridized carbons (Fsp3) is 0.600. The lowest BCUT2D eigenvalue weighted by molar-refractivity contribution is -0.157. The second kappa shape index (κ2) is 9.36. The monoisotopic (exact) mass is 514 g/mol. The van der Waals surface area contributed by atoms with Crippen molar-refractivity contribution in [1.29, 1.82) is 0 Å². The smallest absolute Gasteiger partial charge is 0.262 e. The molecule has 0 saturated carbocycles. The summed E-state index contributed by atoms with van der Waals surface area (Å²) in [6.45, 7) is 9.95. The van der Waals surface area contributed by atoms with E-state index < -0.39 is 31.8 Å². The van der Waals surface area contributed by atoms with E-state index in [-0.39, 0.29) is 37.1 Å². The van der Waals surface area contributed by atoms with Crippen molar-refractivity contribution < 1.29 is 29.0 Å². The predicted molar refractivity (Wildman–Crippen MR) is 134 cm³/mol. The average molecular weight is 515 g/mol. The molecular weight excluding hydrogens is 480 g/mol. The molecule has 4 amide bonds. The Labute approximate surface area is 211 Å². The number of hydrogen-bond donors (Lipinski definition) is 1. The Bertz CT molecular complexity index is 1090. The molecule has 0 aliphatic carbocycles. The normalized spacial score (nSPS) is 23.9. The number of aliphatic hydroxyl groups is 1. The zero-order chi connectivity index (χ0) is 25.8. The second-order valence-corrected chi connectivity index (χ2v) is 17.1. The summed E-state index contributed by atoms with van der Waals surface area (Å²) < 4.78 is 5.63. The van der Waals surface area contributed by atoms with Crippen LogP contribution in [0.3, 0.4) is 0 Å². The van der Waals surface area contributed by atoms with Gasteiger partial charge in [-0.05, 0) is 30.7 Å². The molecule has 4 aliphatic heterocycles. The second-order valence-electron chi connectivity index (χ2n) is 11.4. The number of hydrogen-bond acceptors (Lipinski definition) is 8. The number of anilines is 1. The van der Waals surface area contributed by atoms with E-state index in [9.17, 15) is 24.3 Å². The lowest BCUT2D eigenvalue weighted by Crippen LogP contribution is -2.66. The highest BCUT2D eigenvalue weighted by molar-refractivity contribution is 6.76. The molecule has 5 rings (SSSR count). The van der Waals surface area contributed by atoms with Gasteiger partial charge in [0.05, 0.1) is 17.2 Å². The molecule has 4 heterocycles. The first-order chi connectivity index (χ1) is 17.0. The van der Waals surface area contributed by atoms with Crippen LogP contribution in [-0.2, 0) is 14.3 Å². The third-order valence-electron chi connectivity index (χ3n) is 7.55. The Morgan fingerprint density at radius 2 is 1.69 bits per heavy atom. The van der Waals surface area contributed by atoms with Crippen molar-refractivity contribution >= 4 is 37.4 Å². The van der Waals surface area contributed by atoms with E-state index in [0.29, 0.717) is 31.3 Å². The lowest BCUT2D eigenvalue weighted by atomic mass is 9.99. The number of fused-ring (bicyclic) bond motifs is 1. The summed E-state index contributed by atoms with van der Waals surface area (Å²) >= 11 is 0. The molecule has 11 heteroatoms. The summed E-state index contributed by atoms with van der Waals surface area (Å²) in [5, 5.41) is 9.51. The summed E-state index contributed by atoms with van der Waals surface area (Å²) in [4.78, 5) is 58.6. The van der Waals surface area contributed by atoms with E-state index >= 15 is 0 Å². The third-order valence-corrected chi connectivity index (χ3v) is 9.25. The molecule has 4 aliphatic rings. The maximum absolute atomic E-state index is 13.3. The lowest BCUT2D eigenvalue weighted by Gasteiger charge is -2.51. The van der Waals surface area contributed by atoms with Crippen LogP contribution in [-0.4, -0.2) is 109 Å². The number of likely N-dealkylation sites (tertiary alicyclic amines) is 2. The molecule has 1 aromatic rings. The van der Waals surface area contributed by atoms with Crippen LogP contribution in [0.4, 0.5) is 5.69 Å². The molecule has 0 bridgehead atoms. The summed E-state index contributed by atoms with van der Waals surface area (Å²) in [7, 11) is -1.32. The van der Waals surface area contributed by atoms with Gasteiger partial charge in [-0.2, -0.15) is 0 Å². The van der Waals surface area contributed by atoms with Gasteiger partial charge < -0.3 is 14.7 Å². The molecule has 1 unspecified atom stereocenters. The molecule has 0 radical (unpaired) electrons. The standard InChI is InChI=1S/C25H34N4O6Si/c1-36(2,3)9-8-35-15-28-22(31)7-6-21(25(28)34)29-23(32)19-5-4-16(10-20(19)24(29)33)26-11-17(12-26)27-13-18(30)14-27/h4-5,10,17-18,21,30H,6-9,11-15H2,1-3H3. The predicted octanol–water partition coefficient (Wildman–Crippen LogP) is 0.978. The molecular formula is C25H34N4O6Si. The zero-order valence-electron chi connectivity index (χ0n) is 21.1. The first-order valence-electron chi connectivity index (χ1n) is 12.6. The molecule has 3 fully saturated rings. The van der Waals surface area contributed by atoms with Gasteiger partial charge in [-0.1, -0.05) is 19.6 Å². The minimum Gasteiger partial charge on any atom is -0.390 e. The summed E-state index contributed by atoms with van der Waals surface area (Å²) in [6.07, 6.45) is -0.0388. The van der Waals surface area contributed by atoms with Crippen LogP contribution >= 0.6 is 0 Å². The minimum atomic E-state index is -1.32. The van der Waals surface area contributed by atoms with Crippen molar-refractivity contribution in [1.82, 2.24) is 14.7 Å². The molecule has 1 aromatic carbocycles. The molecule has 10 nitrogen and oxygen atoms in total. The Morgan fingerprint density at radius 1 is 1.00 bits per heavy atom. The third kappa shape index (κ3) is 4.60. The largest absolute Gasteiger partial charge is 0.390 e. The van der Waals surface area contributed by atoms with E-state index in [1.165, 1.54) is 0 Å². The fourth-order valence-corrected chi connectivity index (χ4v) is 5.90. The first kappa shape index (κ1) is 25.1. The highest BCUT2D eigenvalue weighted by Crippen LogP contribution is 2.34. The maximum Gasteiger partial charge on any atom is 0.262 e. The molecule has 1 N–H and O–H groups in total. The van der Waals surface area contributed by atoms with Gasteiger partial charge in [0.2, 0.25) is 5.91 Å². The highest BCUT2D eigenvalue weighted by atomic mass is 28.3. The molecule has 0 aromatic heterocycles. The van der Waals surface area contributed by atoms with E-state index in [4.69, 9.17) is 4.74 Å². The van der Waals surface area contributed by atoms with E-state index in [2.05, 4.69) is 29.4 Å². The van der Waals surface area contributed by atoms with Gasteiger partial charge in [-0.25, -0.2) is 0 Å². The van der Waals surface area contributed by atoms with Crippen molar-refractivity contribution in [3.05, 3.63) is 29.3 Å². The van der Waals surface area contributed by atoms with E-state index in [1.807, 2.05) is 6.07 Å². The number of aliphatic hydroxyl groups excluding tert-OH is 1. The quantitative estimate of drug-likeness (QED) is 0.311. The van der Waals surface area contributed by atoms with Crippen LogP contribution in [0.1, 0.15) is 33.6 Å². The number of piperidine rings is 1. The maximum atomic E-state index is 13.3. The Hall–Kier alpha value is -2.60. The molecule has 0 spiro atoms. The van der Waals surface area contributed by atoms with Crippen LogP contribution in [0.5, 0.6) is 0 Å². The summed E-state index contributed by atoms with van der Waals surface area (Å²) in [5.41, 5.74) is 1.44. The Morgan fingerprint density at radius 3 is 2.36 bits per heavy atom. The number of ether oxygens (including phenoxy) is 1. The number of carbonyl (C=O) groups is 4. The van der Waals surface area contributed by atoms with E-state index in [0.717, 1.165) is 34.6 Å². The van der Waals surface area contributed by atoms with Crippen LogP contribution < -0.4 is 4.90 Å². The van der Waals surface area contributed by atoms with Gasteiger partial charge in [0.1, 0.15) is 12.8 Å². The highest BCUT2D eigenvalue weighted by Gasteiger charge is 2.47. The van der Waals surface area contributed by atoms with Gasteiger partial charge in [0.15, 0.2) is 0 Å². The van der Waals surface area contributed by atoms with Gasteiger partial charge in [0, 0.05) is 59.0 Å². The van der Waals surface area contributed by atoms with Crippen molar-refractivity contribution in [3.8, 4) is 0 Å². The minimum absolute atomic E-state index is 0.0762. The zero-order valence-corrected chi connectivity index (χ0v) is 22.1. The molecule has 36 heavy (non-hydrogen) atoms. The Balaban J connectivity index is 1.24. The van der Waals surface area contributed by atoms with Gasteiger partial charge in [-0.3, -0.25) is 33.9 Å². The first-order valence-corrected chi connectivity index (χ1v) is 16.3. The van der Waals surface area contributed by atoms with Crippen LogP contribution in [0.25, 0.3) is 0 Å². The van der Waals surface area contributed by atoms with Crippen LogP contribution in [0, 0.1) is 0 Å². The van der Waals surface area contributed by atoms with Crippen molar-refractivity contribution in [2.45, 2.75) is 56.7 Å². The number of amides is 4. The number of rotatable bonds is 8. The topological polar surface area (TPSA) is 111 Å². The molecule has 1 atom stereocenters. The number of nitrogens with zero attached hydrogens (tertiary/aromatic N) is 4. The van der Waals surface area contributed by atoms with Crippen molar-refractivity contribution in [3.63, 3.8) is 0 Å². The number of benzene rings is 1. The fourth-order valence-electron chi connectivity index (χ4n) is 5.14. The van der Waals surface area contributed by atoms with Crippen LogP contribution in [0.15, 0.2) is 18.2 Å². The van der Waals surface area contributed by atoms with Gasteiger partial charge >= 0.3 is 0 Å². The Kier molecular flexibility index (Phi) is 6.52. The van der Waals surface area contributed by atoms with E-state index in [1.54, 1.807) is 12.1 Å². The summed E-state index contributed by atoms with van der Waals surface area (Å²) in [6, 6.07) is 5.50. The van der Waals surface area contributed by atoms with Crippen molar-refractivity contribution in [2.24, 2.45) is 0 Å². The average Bonchev–Trinajstić information content (AvgIpc) is 3.00. The number of β-amino-alcohol motifs (C(OH)–C–C–N with tert-alkyl or cyclic N) is 1. The SMILES string of the molecule is C[Si](C)(C)CCOCN1C(=O)CCC(N2C(=O)c3ccc(N4CC(N5CC(O)C5)C4)cc3C2=O)C1=O. The van der Waals surface area contributed by atoms with Gasteiger partial charge in [0.25, 0.3) is 17.7 Å². The number of carbonyl (C=O) groups excluding carboxylic acids is 4. The molecule has 194 valence electrons. The van der Waals surface area contributed by atoms with Gasteiger partial charge in [-0.15, -0.1) is 0 Å². The van der Waals surface area contributed by atoms with Crippen molar-refractivity contribution in [2.75, 3.05) is 44.4 Å². The summed E-state index contributed by atoms with van der Waals surface area (Å²) in [5.74, 6) is -1.89.